The predicted octanol–water partition coefficient (Wildman–Crippen LogP) is 3.17. The molecule has 0 spiro atoms. The molecule has 2 atom stereocenters. The molecule has 2 unspecified atom stereocenters. The van der Waals surface area contributed by atoms with Gasteiger partial charge in [-0.2, -0.15) is 0 Å². The average molecular weight is 774 g/mol. The van der Waals surface area contributed by atoms with E-state index in [0.717, 1.165) is 107 Å². The summed E-state index contributed by atoms with van der Waals surface area (Å²) in [6.07, 6.45) is 11.8. The standard InChI is InChI=1S/C42H59N7O7/c1-43-39-9-8-37(24-38(39)34(29-52)13-21-50)56-22-14-46-41(54)31-3-5-32(6-4-31)42(55)49-19-17-47(18-20-49)27-30-11-15-48(16-12-30)36-23-35(25-45-26-36)33(28-51)7-10-40(53)44-2/h8-9,21,23-26,28-34,43H,3-7,10-20,22,27H2,1-2H3,(H,44,53)(H,46,54). The van der Waals surface area contributed by atoms with E-state index in [0.29, 0.717) is 49.5 Å². The molecule has 14 nitrogen and oxygen atoms in total. The summed E-state index contributed by atoms with van der Waals surface area (Å²) < 4.78 is 5.85. The van der Waals surface area contributed by atoms with Gasteiger partial charge in [0.2, 0.25) is 17.7 Å². The van der Waals surface area contributed by atoms with Gasteiger partial charge in [0.1, 0.15) is 31.2 Å². The molecule has 1 aromatic carbocycles. The number of carbonyl (C=O) groups is 6. The van der Waals surface area contributed by atoms with Crippen molar-refractivity contribution in [3.63, 3.8) is 0 Å². The van der Waals surface area contributed by atoms with Gasteiger partial charge >= 0.3 is 0 Å². The molecule has 1 aromatic heterocycles. The number of ether oxygens (including phenoxy) is 1. The van der Waals surface area contributed by atoms with Crippen LogP contribution in [0.4, 0.5) is 11.4 Å². The molecule has 3 fully saturated rings. The third-order valence-electron chi connectivity index (χ3n) is 11.8. The number of nitrogens with one attached hydrogen (secondary N) is 3. The van der Waals surface area contributed by atoms with Crippen LogP contribution in [0, 0.1) is 17.8 Å². The second-order valence-corrected chi connectivity index (χ2v) is 15.3. The Morgan fingerprint density at radius 3 is 2.25 bits per heavy atom. The second-order valence-electron chi connectivity index (χ2n) is 15.3. The molecule has 0 radical (unpaired) electrons. The fourth-order valence-corrected chi connectivity index (χ4v) is 8.31. The van der Waals surface area contributed by atoms with Gasteiger partial charge < -0.3 is 44.9 Å². The Bertz CT molecular complexity index is 1630. The van der Waals surface area contributed by atoms with Gasteiger partial charge in [0.25, 0.3) is 0 Å². The van der Waals surface area contributed by atoms with Crippen LogP contribution in [0.5, 0.6) is 5.75 Å². The van der Waals surface area contributed by atoms with E-state index in [2.05, 4.69) is 30.7 Å². The fraction of sp³-hybridized carbons (Fsp3) is 0.595. The smallest absolute Gasteiger partial charge is 0.225 e. The summed E-state index contributed by atoms with van der Waals surface area (Å²) in [5.41, 5.74) is 3.32. The average Bonchev–Trinajstić information content (AvgIpc) is 3.24. The zero-order valence-electron chi connectivity index (χ0n) is 33.0. The van der Waals surface area contributed by atoms with E-state index in [1.54, 1.807) is 32.4 Å². The molecule has 3 N–H and O–H groups in total. The third kappa shape index (κ3) is 11.6. The summed E-state index contributed by atoms with van der Waals surface area (Å²) in [6.45, 7) is 6.70. The summed E-state index contributed by atoms with van der Waals surface area (Å²) >= 11 is 0. The van der Waals surface area contributed by atoms with Crippen LogP contribution in [0.1, 0.15) is 80.8 Å². The number of pyridine rings is 1. The van der Waals surface area contributed by atoms with Crippen molar-refractivity contribution >= 4 is 48.0 Å². The maximum atomic E-state index is 13.5. The van der Waals surface area contributed by atoms with Crippen LogP contribution in [0.3, 0.4) is 0 Å². The van der Waals surface area contributed by atoms with Gasteiger partial charge in [0.15, 0.2) is 0 Å². The van der Waals surface area contributed by atoms with Crippen molar-refractivity contribution in [3.8, 4) is 5.75 Å². The van der Waals surface area contributed by atoms with Gasteiger partial charge in [-0.15, -0.1) is 0 Å². The number of carbonyl (C=O) groups excluding carboxylic acids is 6. The SMILES string of the molecule is CNC(=O)CCC(C=O)c1cncc(N2CCC(CN3CCN(C(=O)C4CCC(C(=O)NCCOc5ccc(NC)c(C(C=O)CC=O)c5)CC4)CC3)CC2)c1. The minimum absolute atomic E-state index is 0.0107. The molecule has 304 valence electrons. The summed E-state index contributed by atoms with van der Waals surface area (Å²) in [5, 5.41) is 8.63. The van der Waals surface area contributed by atoms with Crippen LogP contribution < -0.4 is 25.6 Å². The van der Waals surface area contributed by atoms with E-state index in [1.165, 1.54) is 0 Å². The number of amides is 3. The lowest BCUT2D eigenvalue weighted by molar-refractivity contribution is -0.140. The largest absolute Gasteiger partial charge is 0.492 e. The highest BCUT2D eigenvalue weighted by Gasteiger charge is 2.34. The zero-order valence-corrected chi connectivity index (χ0v) is 33.0. The monoisotopic (exact) mass is 773 g/mol. The summed E-state index contributed by atoms with van der Waals surface area (Å²) in [6, 6.07) is 7.40. The molecule has 3 aliphatic rings. The van der Waals surface area contributed by atoms with Crippen molar-refractivity contribution in [2.75, 3.05) is 83.3 Å². The first-order chi connectivity index (χ1) is 27.3. The van der Waals surface area contributed by atoms with Gasteiger partial charge in [0, 0.05) is 108 Å². The summed E-state index contributed by atoms with van der Waals surface area (Å²) in [4.78, 5) is 83.7. The first kappa shape index (κ1) is 42.3. The molecule has 1 aliphatic carbocycles. The molecule has 2 saturated heterocycles. The molecule has 56 heavy (non-hydrogen) atoms. The first-order valence-electron chi connectivity index (χ1n) is 20.2. The van der Waals surface area contributed by atoms with Gasteiger partial charge in [-0.25, -0.2) is 0 Å². The lowest BCUT2D eigenvalue weighted by Gasteiger charge is -2.40. The second kappa shape index (κ2) is 21.5. The van der Waals surface area contributed by atoms with Crippen LogP contribution >= 0.6 is 0 Å². The van der Waals surface area contributed by atoms with Crippen LogP contribution in [0.15, 0.2) is 36.7 Å². The van der Waals surface area contributed by atoms with Crippen molar-refractivity contribution in [2.24, 2.45) is 17.8 Å². The van der Waals surface area contributed by atoms with Gasteiger partial charge in [-0.3, -0.25) is 24.3 Å². The topological polar surface area (TPSA) is 170 Å². The zero-order chi connectivity index (χ0) is 39.9. The Morgan fingerprint density at radius 1 is 0.875 bits per heavy atom. The number of benzene rings is 1. The molecule has 3 amide bonds. The number of aldehydes is 3. The number of aromatic nitrogens is 1. The lowest BCUT2D eigenvalue weighted by Crippen LogP contribution is -2.52. The Labute approximate surface area is 330 Å². The van der Waals surface area contributed by atoms with E-state index < -0.39 is 5.92 Å². The number of hydrogen-bond donors (Lipinski definition) is 3. The number of anilines is 2. The molecule has 14 heteroatoms. The van der Waals surface area contributed by atoms with Gasteiger partial charge in [-0.05, 0) is 86.3 Å². The number of rotatable bonds is 19. The van der Waals surface area contributed by atoms with Crippen molar-refractivity contribution in [1.82, 2.24) is 25.4 Å². The van der Waals surface area contributed by atoms with Crippen LogP contribution in [-0.2, 0) is 28.8 Å². The minimum Gasteiger partial charge on any atom is -0.492 e. The molecule has 5 rings (SSSR count). The summed E-state index contributed by atoms with van der Waals surface area (Å²) in [7, 11) is 3.35. The molecular weight excluding hydrogens is 715 g/mol. The van der Waals surface area contributed by atoms with Gasteiger partial charge in [-0.1, -0.05) is 0 Å². The number of piperidine rings is 1. The van der Waals surface area contributed by atoms with Crippen molar-refractivity contribution < 1.29 is 33.5 Å². The van der Waals surface area contributed by atoms with E-state index >= 15 is 0 Å². The Hall–Kier alpha value is -4.85. The molecular formula is C42H59N7O7. The van der Waals surface area contributed by atoms with E-state index in [-0.39, 0.29) is 48.5 Å². The third-order valence-corrected chi connectivity index (χ3v) is 11.8. The Kier molecular flexibility index (Phi) is 16.2. The summed E-state index contributed by atoms with van der Waals surface area (Å²) in [5.74, 6) is 0.222. The van der Waals surface area contributed by atoms with Crippen LogP contribution in [0.25, 0.3) is 0 Å². The first-order valence-corrected chi connectivity index (χ1v) is 20.2. The highest BCUT2D eigenvalue weighted by Crippen LogP contribution is 2.32. The normalized spacial score (nSPS) is 20.3. The van der Waals surface area contributed by atoms with Crippen LogP contribution in [-0.4, -0.2) is 124 Å². The van der Waals surface area contributed by atoms with Crippen LogP contribution in [0.2, 0.25) is 0 Å². The minimum atomic E-state index is -0.555. The molecule has 2 aliphatic heterocycles. The van der Waals surface area contributed by atoms with E-state index in [1.807, 2.05) is 23.2 Å². The number of hydrogen-bond acceptors (Lipinski definition) is 11. The lowest BCUT2D eigenvalue weighted by atomic mass is 9.81. The highest BCUT2D eigenvalue weighted by atomic mass is 16.5. The number of piperazine rings is 1. The van der Waals surface area contributed by atoms with Gasteiger partial charge in [0.05, 0.1) is 18.4 Å². The molecule has 3 heterocycles. The predicted molar refractivity (Wildman–Crippen MR) is 214 cm³/mol. The Balaban J connectivity index is 0.968. The fourth-order valence-electron chi connectivity index (χ4n) is 8.31. The quantitative estimate of drug-likeness (QED) is 0.142. The Morgan fingerprint density at radius 2 is 1.59 bits per heavy atom. The maximum absolute atomic E-state index is 13.5. The highest BCUT2D eigenvalue weighted by molar-refractivity contribution is 5.81. The molecule has 1 saturated carbocycles. The van der Waals surface area contributed by atoms with E-state index in [9.17, 15) is 28.8 Å². The van der Waals surface area contributed by atoms with E-state index in [4.69, 9.17) is 4.74 Å². The van der Waals surface area contributed by atoms with Crippen molar-refractivity contribution in [3.05, 3.63) is 47.8 Å². The van der Waals surface area contributed by atoms with Crippen molar-refractivity contribution in [2.45, 2.75) is 69.6 Å². The molecule has 0 bridgehead atoms. The molecule has 2 aromatic rings. The van der Waals surface area contributed by atoms with Crippen molar-refractivity contribution in [1.29, 1.82) is 0 Å². The number of nitrogens with zero attached hydrogens (tertiary/aromatic N) is 4. The maximum Gasteiger partial charge on any atom is 0.225 e.